The van der Waals surface area contributed by atoms with Gasteiger partial charge in [0, 0.05) is 0 Å². The number of amides is 4. The Bertz CT molecular complexity index is 204. The van der Waals surface area contributed by atoms with E-state index in [4.69, 9.17) is 0 Å². The first kappa shape index (κ1) is 9.95. The van der Waals surface area contributed by atoms with E-state index in [2.05, 4.69) is 21.1 Å². The summed E-state index contributed by atoms with van der Waals surface area (Å²) in [6.45, 7) is 0. The highest BCUT2D eigenvalue weighted by Gasteiger charge is 1.92. The Morgan fingerprint density at radius 3 is 2.00 bits per heavy atom. The van der Waals surface area contributed by atoms with Crippen molar-refractivity contribution < 1.29 is 14.1 Å². The van der Waals surface area contributed by atoms with Gasteiger partial charge in [-0.2, -0.15) is 0 Å². The lowest BCUT2D eigenvalue weighted by atomic mass is 10.8. The Balaban J connectivity index is 0.000000211. The van der Waals surface area contributed by atoms with Crippen molar-refractivity contribution in [1.82, 2.24) is 10.5 Å². The normalized spacial score (nSPS) is 7.67. The van der Waals surface area contributed by atoms with Crippen molar-refractivity contribution in [3.05, 3.63) is 18.5 Å². The molecule has 5 N–H and O–H groups in total. The first-order valence-corrected chi connectivity index (χ1v) is 2.83. The summed E-state index contributed by atoms with van der Waals surface area (Å²) in [5.74, 6) is 0. The maximum absolute atomic E-state index is 9.62. The largest absolute Gasteiger partial charge is 0.365 e. The summed E-state index contributed by atoms with van der Waals surface area (Å²) in [6.07, 6.45) is 3.10. The maximum Gasteiger partial charge on any atom is 0.320 e. The van der Waals surface area contributed by atoms with Crippen LogP contribution < -0.4 is 16.8 Å². The standard InChI is InChI=1S/C3H3NO.C2H5N3O2/c1-2-4-5-3-1;3-1(6)5-2(4)7/h1-3H;(H5,3,4,5,6,7). The van der Waals surface area contributed by atoms with Gasteiger partial charge in [-0.3, -0.25) is 5.32 Å². The van der Waals surface area contributed by atoms with Crippen LogP contribution in [0, 0.1) is 0 Å². The number of nitrogens with zero attached hydrogens (tertiary/aromatic N) is 1. The molecule has 0 fully saturated rings. The molecule has 0 atom stereocenters. The second-order valence-electron chi connectivity index (χ2n) is 1.54. The molecule has 0 aromatic carbocycles. The molecular formula is C5H8N4O3. The van der Waals surface area contributed by atoms with Gasteiger partial charge in [0.1, 0.15) is 6.26 Å². The van der Waals surface area contributed by atoms with Crippen LogP contribution in [0.5, 0.6) is 0 Å². The van der Waals surface area contributed by atoms with E-state index in [-0.39, 0.29) is 0 Å². The number of imide groups is 1. The molecule has 0 unspecified atom stereocenters. The predicted octanol–water partition coefficient (Wildman–Crippen LogP) is -0.592. The van der Waals surface area contributed by atoms with Crippen LogP contribution in [0.25, 0.3) is 0 Å². The van der Waals surface area contributed by atoms with E-state index in [1.165, 1.54) is 6.26 Å². The lowest BCUT2D eigenvalue weighted by Crippen LogP contribution is -2.38. The molecule has 1 aromatic heterocycles. The summed E-state index contributed by atoms with van der Waals surface area (Å²) in [4.78, 5) is 19.2. The van der Waals surface area contributed by atoms with Gasteiger partial charge in [-0.15, -0.1) is 0 Å². The minimum Gasteiger partial charge on any atom is -0.365 e. The third kappa shape index (κ3) is 7.95. The van der Waals surface area contributed by atoms with Gasteiger partial charge in [-0.05, 0) is 6.07 Å². The highest BCUT2D eigenvalue weighted by atomic mass is 16.5. The van der Waals surface area contributed by atoms with Gasteiger partial charge < -0.3 is 16.0 Å². The lowest BCUT2D eigenvalue weighted by Gasteiger charge is -1.88. The first-order chi connectivity index (χ1) is 5.63. The van der Waals surface area contributed by atoms with Crippen molar-refractivity contribution in [2.75, 3.05) is 0 Å². The number of carbonyl (C=O) groups is 2. The predicted molar refractivity (Wildman–Crippen MR) is 38.8 cm³/mol. The summed E-state index contributed by atoms with van der Waals surface area (Å²) < 4.78 is 4.33. The van der Waals surface area contributed by atoms with Crippen molar-refractivity contribution in [2.45, 2.75) is 0 Å². The molecule has 4 amide bonds. The van der Waals surface area contributed by atoms with Crippen LogP contribution >= 0.6 is 0 Å². The van der Waals surface area contributed by atoms with Crippen LogP contribution in [-0.2, 0) is 0 Å². The summed E-state index contributed by atoms with van der Waals surface area (Å²) in [5, 5.41) is 4.93. The molecule has 0 saturated carbocycles. The Labute approximate surface area is 67.7 Å². The highest BCUT2D eigenvalue weighted by molar-refractivity contribution is 5.91. The van der Waals surface area contributed by atoms with Crippen molar-refractivity contribution in [2.24, 2.45) is 11.5 Å². The van der Waals surface area contributed by atoms with E-state index in [9.17, 15) is 9.59 Å². The monoisotopic (exact) mass is 172 g/mol. The summed E-state index contributed by atoms with van der Waals surface area (Å²) in [5.41, 5.74) is 8.88. The number of carbonyl (C=O) groups excluding carboxylic acids is 2. The Kier molecular flexibility index (Phi) is 4.74. The number of hydrogen-bond acceptors (Lipinski definition) is 4. The quantitative estimate of drug-likeness (QED) is 0.483. The molecule has 0 spiro atoms. The van der Waals surface area contributed by atoms with Gasteiger partial charge in [-0.1, -0.05) is 5.16 Å². The smallest absolute Gasteiger partial charge is 0.320 e. The van der Waals surface area contributed by atoms with E-state index in [0.717, 1.165) is 0 Å². The molecule has 0 aliphatic rings. The van der Waals surface area contributed by atoms with E-state index >= 15 is 0 Å². The number of rotatable bonds is 0. The number of aromatic nitrogens is 1. The van der Waals surface area contributed by atoms with Crippen LogP contribution in [0.2, 0.25) is 0 Å². The molecule has 66 valence electrons. The van der Waals surface area contributed by atoms with Crippen LogP contribution in [0.3, 0.4) is 0 Å². The molecule has 1 heterocycles. The van der Waals surface area contributed by atoms with Crippen LogP contribution in [-0.4, -0.2) is 17.2 Å². The van der Waals surface area contributed by atoms with Crippen LogP contribution in [0.1, 0.15) is 0 Å². The van der Waals surface area contributed by atoms with Crippen molar-refractivity contribution in [3.8, 4) is 0 Å². The minimum absolute atomic E-state index is 0.937. The summed E-state index contributed by atoms with van der Waals surface area (Å²) >= 11 is 0. The average Bonchev–Trinajstić information content (AvgIpc) is 2.36. The maximum atomic E-state index is 9.62. The molecular weight excluding hydrogens is 164 g/mol. The van der Waals surface area contributed by atoms with E-state index in [1.807, 2.05) is 0 Å². The van der Waals surface area contributed by atoms with Crippen molar-refractivity contribution in [1.29, 1.82) is 0 Å². The SMILES string of the molecule is NC(=O)NC(N)=O.c1cnoc1. The Hall–Kier alpha value is -2.05. The molecule has 7 heteroatoms. The zero-order chi connectivity index (χ0) is 9.40. The fourth-order valence-corrected chi connectivity index (χ4v) is 0.297. The molecule has 1 aromatic rings. The first-order valence-electron chi connectivity index (χ1n) is 2.83. The molecule has 12 heavy (non-hydrogen) atoms. The molecule has 0 aliphatic heterocycles. The number of nitrogens with one attached hydrogen (secondary N) is 1. The van der Waals surface area contributed by atoms with E-state index in [1.54, 1.807) is 17.6 Å². The van der Waals surface area contributed by atoms with Gasteiger partial charge >= 0.3 is 12.1 Å². The fourth-order valence-electron chi connectivity index (χ4n) is 0.297. The van der Waals surface area contributed by atoms with Crippen LogP contribution in [0.4, 0.5) is 9.59 Å². The Morgan fingerprint density at radius 1 is 1.33 bits per heavy atom. The molecule has 1 rings (SSSR count). The molecule has 0 saturated heterocycles. The average molecular weight is 172 g/mol. The second-order valence-corrected chi connectivity index (χ2v) is 1.54. The zero-order valence-corrected chi connectivity index (χ0v) is 6.06. The molecule has 0 aliphatic carbocycles. The molecule has 7 nitrogen and oxygen atoms in total. The lowest BCUT2D eigenvalue weighted by molar-refractivity contribution is 0.236. The fraction of sp³-hybridized carbons (Fsp3) is 0. The van der Waals surface area contributed by atoms with E-state index in [0.29, 0.717) is 0 Å². The van der Waals surface area contributed by atoms with Gasteiger partial charge in [0.05, 0.1) is 6.20 Å². The second kappa shape index (κ2) is 5.71. The minimum atomic E-state index is -0.938. The van der Waals surface area contributed by atoms with E-state index < -0.39 is 12.1 Å². The number of primary amides is 2. The van der Waals surface area contributed by atoms with Gasteiger partial charge in [0.15, 0.2) is 0 Å². The number of urea groups is 2. The van der Waals surface area contributed by atoms with Crippen molar-refractivity contribution >= 4 is 12.1 Å². The molecule has 0 bridgehead atoms. The van der Waals surface area contributed by atoms with Gasteiger partial charge in [-0.25, -0.2) is 9.59 Å². The number of hydrogen-bond donors (Lipinski definition) is 3. The highest BCUT2D eigenvalue weighted by Crippen LogP contribution is 1.72. The van der Waals surface area contributed by atoms with Crippen LogP contribution in [0.15, 0.2) is 23.0 Å². The van der Waals surface area contributed by atoms with Gasteiger partial charge in [0.2, 0.25) is 0 Å². The van der Waals surface area contributed by atoms with Gasteiger partial charge in [0.25, 0.3) is 0 Å². The third-order valence-electron chi connectivity index (χ3n) is 0.594. The van der Waals surface area contributed by atoms with Crippen molar-refractivity contribution in [3.63, 3.8) is 0 Å². The number of nitrogens with two attached hydrogens (primary N) is 2. The zero-order valence-electron chi connectivity index (χ0n) is 6.06. The summed E-state index contributed by atoms with van der Waals surface area (Å²) in [7, 11) is 0. The Morgan fingerprint density at radius 2 is 1.92 bits per heavy atom. The summed E-state index contributed by atoms with van der Waals surface area (Å²) in [6, 6.07) is -0.153. The third-order valence-corrected chi connectivity index (χ3v) is 0.594. The molecule has 0 radical (unpaired) electrons. The topological polar surface area (TPSA) is 124 Å².